The van der Waals surface area contributed by atoms with Crippen LogP contribution in [-0.4, -0.2) is 32.6 Å². The normalized spacial score (nSPS) is 12.1. The van der Waals surface area contributed by atoms with E-state index >= 15 is 0 Å². The van der Waals surface area contributed by atoms with E-state index in [0.717, 1.165) is 46.5 Å². The number of esters is 1. The van der Waals surface area contributed by atoms with Gasteiger partial charge in [-0.2, -0.15) is 5.10 Å². The second-order valence-corrected chi connectivity index (χ2v) is 7.06. The Bertz CT molecular complexity index is 1130. The Hall–Kier alpha value is -3.36. The molecule has 1 N–H and O–H groups in total. The summed E-state index contributed by atoms with van der Waals surface area (Å²) in [5, 5.41) is 6.61. The largest absolute Gasteiger partial charge is 0.453 e. The Morgan fingerprint density at radius 3 is 2.67 bits per heavy atom. The van der Waals surface area contributed by atoms with E-state index in [1.54, 1.807) is 4.52 Å². The fourth-order valence-electron chi connectivity index (χ4n) is 3.17. The number of nitrogens with one attached hydrogen (secondary N) is 1. The number of anilines is 1. The minimum atomic E-state index is -1.17. The Morgan fingerprint density at radius 2 is 1.93 bits per heavy atom. The molecule has 0 spiro atoms. The van der Waals surface area contributed by atoms with Gasteiger partial charge < -0.3 is 10.1 Å². The van der Waals surface area contributed by atoms with Crippen molar-refractivity contribution in [1.29, 1.82) is 0 Å². The molecule has 0 aliphatic carbocycles. The van der Waals surface area contributed by atoms with Gasteiger partial charge in [-0.15, -0.1) is 0 Å². The smallest absolute Gasteiger partial charge is 0.306 e. The van der Waals surface area contributed by atoms with E-state index in [-0.39, 0.29) is 12.1 Å². The fraction of sp³-hybridized carbons (Fsp3) is 0.333. The quantitative estimate of drug-likeness (QED) is 0.622. The molecule has 3 rings (SSSR count). The van der Waals surface area contributed by atoms with Crippen molar-refractivity contribution in [2.45, 2.75) is 46.6 Å². The molecule has 0 aliphatic heterocycles. The molecule has 30 heavy (non-hydrogen) atoms. The van der Waals surface area contributed by atoms with Crippen molar-refractivity contribution in [3.63, 3.8) is 0 Å². The zero-order chi connectivity index (χ0) is 22.0. The highest BCUT2D eigenvalue weighted by Crippen LogP contribution is 2.18. The molecule has 0 aliphatic rings. The molecule has 0 unspecified atom stereocenters. The van der Waals surface area contributed by atoms with Crippen molar-refractivity contribution in [3.05, 3.63) is 58.5 Å². The number of benzene rings is 1. The summed E-state index contributed by atoms with van der Waals surface area (Å²) in [4.78, 5) is 28.9. The van der Waals surface area contributed by atoms with Crippen LogP contribution in [-0.2, 0) is 20.7 Å². The summed E-state index contributed by atoms with van der Waals surface area (Å²) in [5.41, 5.74) is 3.82. The van der Waals surface area contributed by atoms with Gasteiger partial charge in [0.1, 0.15) is 11.6 Å². The number of aromatic nitrogens is 3. The average molecular weight is 416 g/mol. The van der Waals surface area contributed by atoms with Gasteiger partial charge in [-0.25, -0.2) is 18.3 Å². The zero-order valence-electron chi connectivity index (χ0n) is 17.1. The number of amides is 1. The highest BCUT2D eigenvalue weighted by Gasteiger charge is 2.20. The van der Waals surface area contributed by atoms with Crippen LogP contribution in [0, 0.1) is 32.4 Å². The Kier molecular flexibility index (Phi) is 6.09. The van der Waals surface area contributed by atoms with Gasteiger partial charge in [0.25, 0.3) is 5.91 Å². The number of halogens is 2. The number of ether oxygens (including phenoxy) is 1. The third-order valence-corrected chi connectivity index (χ3v) is 4.73. The van der Waals surface area contributed by atoms with Crippen LogP contribution in [0.15, 0.2) is 24.3 Å². The predicted molar refractivity (Wildman–Crippen MR) is 106 cm³/mol. The number of hydrogen-bond donors (Lipinski definition) is 1. The van der Waals surface area contributed by atoms with E-state index in [1.165, 1.54) is 6.92 Å². The second-order valence-electron chi connectivity index (χ2n) is 7.06. The zero-order valence-corrected chi connectivity index (χ0v) is 17.1. The fourth-order valence-corrected chi connectivity index (χ4v) is 3.17. The number of carbonyl (C=O) groups is 2. The van der Waals surface area contributed by atoms with Crippen molar-refractivity contribution in [1.82, 2.24) is 14.6 Å². The number of aryl methyl sites for hydroxylation is 3. The van der Waals surface area contributed by atoms with Gasteiger partial charge in [0, 0.05) is 29.9 Å². The van der Waals surface area contributed by atoms with Gasteiger partial charge in [0.05, 0.1) is 11.4 Å². The third-order valence-electron chi connectivity index (χ3n) is 4.73. The molecule has 0 bridgehead atoms. The first kappa shape index (κ1) is 21.4. The first-order chi connectivity index (χ1) is 14.2. The van der Waals surface area contributed by atoms with Crippen LogP contribution in [0.1, 0.15) is 36.0 Å². The molecule has 0 saturated heterocycles. The van der Waals surface area contributed by atoms with Crippen molar-refractivity contribution in [2.24, 2.45) is 0 Å². The minimum absolute atomic E-state index is 0.0288. The van der Waals surface area contributed by atoms with Crippen LogP contribution in [0.5, 0.6) is 0 Å². The van der Waals surface area contributed by atoms with Crippen LogP contribution in [0.25, 0.3) is 5.65 Å². The molecule has 0 fully saturated rings. The lowest BCUT2D eigenvalue weighted by Crippen LogP contribution is -2.30. The summed E-state index contributed by atoms with van der Waals surface area (Å²) in [7, 11) is 0. The number of hydrogen-bond acceptors (Lipinski definition) is 5. The van der Waals surface area contributed by atoms with Gasteiger partial charge in [-0.1, -0.05) is 0 Å². The van der Waals surface area contributed by atoms with E-state index < -0.39 is 29.6 Å². The van der Waals surface area contributed by atoms with E-state index in [9.17, 15) is 18.4 Å². The lowest BCUT2D eigenvalue weighted by molar-refractivity contribution is -0.153. The molecule has 2 heterocycles. The third kappa shape index (κ3) is 4.61. The molecule has 1 amide bonds. The molecule has 1 atom stereocenters. The first-order valence-corrected chi connectivity index (χ1v) is 9.43. The molecule has 1 aromatic carbocycles. The van der Waals surface area contributed by atoms with Crippen LogP contribution in [0.3, 0.4) is 0 Å². The number of rotatable bonds is 6. The minimum Gasteiger partial charge on any atom is -0.453 e. The molecular formula is C21H22F2N4O3. The Morgan fingerprint density at radius 1 is 1.20 bits per heavy atom. The van der Waals surface area contributed by atoms with Crippen molar-refractivity contribution in [3.8, 4) is 0 Å². The van der Waals surface area contributed by atoms with Crippen LogP contribution in [0.4, 0.5) is 14.5 Å². The van der Waals surface area contributed by atoms with E-state index in [1.807, 2.05) is 26.8 Å². The molecule has 7 nitrogen and oxygen atoms in total. The summed E-state index contributed by atoms with van der Waals surface area (Å²) >= 11 is 0. The summed E-state index contributed by atoms with van der Waals surface area (Å²) in [6, 6.07) is 4.57. The molecular weight excluding hydrogens is 394 g/mol. The van der Waals surface area contributed by atoms with Crippen molar-refractivity contribution >= 4 is 23.2 Å². The summed E-state index contributed by atoms with van der Waals surface area (Å²) < 4.78 is 33.7. The predicted octanol–water partition coefficient (Wildman–Crippen LogP) is 3.44. The van der Waals surface area contributed by atoms with Gasteiger partial charge in [0.15, 0.2) is 11.8 Å². The van der Waals surface area contributed by atoms with Crippen LogP contribution in [0.2, 0.25) is 0 Å². The number of nitrogens with zero attached hydrogens (tertiary/aromatic N) is 3. The molecule has 0 saturated carbocycles. The van der Waals surface area contributed by atoms with E-state index in [2.05, 4.69) is 15.4 Å². The van der Waals surface area contributed by atoms with Gasteiger partial charge in [-0.3, -0.25) is 9.59 Å². The van der Waals surface area contributed by atoms with E-state index in [0.29, 0.717) is 6.42 Å². The lowest BCUT2D eigenvalue weighted by Gasteiger charge is -2.15. The van der Waals surface area contributed by atoms with Crippen molar-refractivity contribution in [2.75, 3.05) is 5.32 Å². The maximum absolute atomic E-state index is 13.7. The second kappa shape index (κ2) is 8.56. The molecule has 158 valence electrons. The highest BCUT2D eigenvalue weighted by atomic mass is 19.1. The maximum Gasteiger partial charge on any atom is 0.306 e. The highest BCUT2D eigenvalue weighted by molar-refractivity contribution is 5.95. The Balaban J connectivity index is 1.61. The number of carbonyl (C=O) groups excluding carboxylic acids is 2. The molecule has 9 heteroatoms. The SMILES string of the molecule is Cc1cc2nc(C)c(CCC(=O)O[C@@H](C)C(=O)Nc3cc(F)ccc3F)c(C)n2n1. The van der Waals surface area contributed by atoms with Gasteiger partial charge >= 0.3 is 5.97 Å². The van der Waals surface area contributed by atoms with Gasteiger partial charge in [-0.05, 0) is 51.8 Å². The first-order valence-electron chi connectivity index (χ1n) is 9.43. The molecule has 3 aromatic rings. The monoisotopic (exact) mass is 416 g/mol. The molecule has 2 aromatic heterocycles. The van der Waals surface area contributed by atoms with Crippen LogP contribution >= 0.6 is 0 Å². The van der Waals surface area contributed by atoms with Crippen LogP contribution < -0.4 is 5.32 Å². The van der Waals surface area contributed by atoms with Crippen molar-refractivity contribution < 1.29 is 23.1 Å². The Labute approximate surface area is 172 Å². The summed E-state index contributed by atoms with van der Waals surface area (Å²) in [5.74, 6) is -2.82. The number of fused-ring (bicyclic) bond motifs is 1. The van der Waals surface area contributed by atoms with E-state index in [4.69, 9.17) is 4.74 Å². The topological polar surface area (TPSA) is 85.6 Å². The summed E-state index contributed by atoms with van der Waals surface area (Å²) in [6.07, 6.45) is -0.775. The average Bonchev–Trinajstić information content (AvgIpc) is 3.04. The maximum atomic E-state index is 13.7. The standard InChI is InChI=1S/C21H22F2N4O3/c1-11-9-19-24-12(2)16(13(3)27(19)26-11)6-8-20(28)30-14(4)21(29)25-18-10-15(22)5-7-17(18)23/h5,7,9-10,14H,6,8H2,1-4H3,(H,25,29)/t14-/m0/s1. The van der Waals surface area contributed by atoms with Gasteiger partial charge in [0.2, 0.25) is 0 Å². The lowest BCUT2D eigenvalue weighted by atomic mass is 10.1. The molecule has 0 radical (unpaired) electrons. The summed E-state index contributed by atoms with van der Waals surface area (Å²) in [6.45, 7) is 7.00.